The van der Waals surface area contributed by atoms with Crippen LogP contribution in [0.5, 0.6) is 0 Å². The summed E-state index contributed by atoms with van der Waals surface area (Å²) < 4.78 is 12.3. The molecule has 0 saturated heterocycles. The maximum absolute atomic E-state index is 12.3. The number of anilines is 1. The summed E-state index contributed by atoms with van der Waals surface area (Å²) in [6.07, 6.45) is 3.38. The molecule has 0 aliphatic carbocycles. The van der Waals surface area contributed by atoms with Crippen molar-refractivity contribution in [3.05, 3.63) is 40.5 Å². The van der Waals surface area contributed by atoms with Crippen LogP contribution in [-0.2, 0) is 21.8 Å². The van der Waals surface area contributed by atoms with Gasteiger partial charge in [0.2, 0.25) is 0 Å². The van der Waals surface area contributed by atoms with Gasteiger partial charge in [-0.1, -0.05) is 11.8 Å². The third kappa shape index (κ3) is 4.62. The molecule has 2 N–H and O–H groups in total. The molecule has 0 fully saturated rings. The molecule has 3 aromatic rings. The summed E-state index contributed by atoms with van der Waals surface area (Å²) in [7, 11) is 1.63. The molecule has 0 bridgehead atoms. The van der Waals surface area contributed by atoms with Gasteiger partial charge in [0.25, 0.3) is 0 Å². The highest BCUT2D eigenvalue weighted by Gasteiger charge is 2.24. The van der Waals surface area contributed by atoms with Gasteiger partial charge in [0.1, 0.15) is 15.9 Å². The summed E-state index contributed by atoms with van der Waals surface area (Å²) >= 11 is 2.44. The van der Waals surface area contributed by atoms with Crippen molar-refractivity contribution in [3.63, 3.8) is 0 Å². The van der Waals surface area contributed by atoms with Crippen molar-refractivity contribution in [2.75, 3.05) is 26.1 Å². The molecule has 0 amide bonds. The van der Waals surface area contributed by atoms with Gasteiger partial charge in [-0.05, 0) is 19.1 Å². The van der Waals surface area contributed by atoms with Crippen LogP contribution < -0.4 is 5.73 Å². The van der Waals surface area contributed by atoms with Crippen molar-refractivity contribution < 1.29 is 14.3 Å². The van der Waals surface area contributed by atoms with E-state index >= 15 is 0 Å². The van der Waals surface area contributed by atoms with Crippen LogP contribution >= 0.6 is 23.1 Å². The quantitative estimate of drug-likeness (QED) is 0.391. The van der Waals surface area contributed by atoms with E-state index < -0.39 is 5.97 Å². The SMILES string of the molecule is CCOC(=O)c1sc(N)c(C#N)c1CSc1nnc(-c2ccncc2)n1CCOC. The Morgan fingerprint density at radius 3 is 2.80 bits per heavy atom. The smallest absolute Gasteiger partial charge is 0.348 e. The molecule has 3 rings (SSSR count). The van der Waals surface area contributed by atoms with Crippen LogP contribution in [0.3, 0.4) is 0 Å². The number of esters is 1. The van der Waals surface area contributed by atoms with E-state index in [4.69, 9.17) is 15.2 Å². The lowest BCUT2D eigenvalue weighted by molar-refractivity contribution is 0.0531. The highest BCUT2D eigenvalue weighted by atomic mass is 32.2. The minimum Gasteiger partial charge on any atom is -0.462 e. The Balaban J connectivity index is 1.92. The number of hydrogen-bond acceptors (Lipinski definition) is 10. The van der Waals surface area contributed by atoms with Crippen LogP contribution in [0.1, 0.15) is 27.7 Å². The normalized spacial score (nSPS) is 10.7. The molecule has 0 unspecified atom stereocenters. The summed E-state index contributed by atoms with van der Waals surface area (Å²) in [4.78, 5) is 16.7. The number of hydrogen-bond donors (Lipinski definition) is 1. The third-order valence-electron chi connectivity index (χ3n) is 4.13. The lowest BCUT2D eigenvalue weighted by Crippen LogP contribution is -2.08. The second kappa shape index (κ2) is 10.2. The number of methoxy groups -OCH3 is 1. The molecule has 0 aliphatic heterocycles. The van der Waals surface area contributed by atoms with Crippen molar-refractivity contribution in [2.24, 2.45) is 0 Å². The van der Waals surface area contributed by atoms with Gasteiger partial charge in [-0.2, -0.15) is 5.26 Å². The molecule has 0 radical (unpaired) electrons. The summed E-state index contributed by atoms with van der Waals surface area (Å²) in [6, 6.07) is 5.80. The van der Waals surface area contributed by atoms with E-state index in [1.807, 2.05) is 16.7 Å². The maximum atomic E-state index is 12.3. The first kappa shape index (κ1) is 21.8. The number of thiophene rings is 1. The Kier molecular flexibility index (Phi) is 7.40. The predicted molar refractivity (Wildman–Crippen MR) is 114 cm³/mol. The minimum atomic E-state index is -0.482. The Hall–Kier alpha value is -2.94. The van der Waals surface area contributed by atoms with Crippen LogP contribution in [0.2, 0.25) is 0 Å². The Labute approximate surface area is 181 Å². The highest BCUT2D eigenvalue weighted by molar-refractivity contribution is 7.98. The standard InChI is InChI=1S/C19H20N6O3S2/c1-3-28-18(26)15-14(13(10-20)16(21)30-15)11-29-19-24-23-17(25(19)8-9-27-2)12-4-6-22-7-5-12/h4-7H,3,8-9,11,21H2,1-2H3. The zero-order valence-corrected chi connectivity index (χ0v) is 18.1. The fourth-order valence-electron chi connectivity index (χ4n) is 2.74. The molecule has 0 spiro atoms. The molecule has 0 saturated carbocycles. The number of carbonyl (C=O) groups excluding carboxylic acids is 1. The van der Waals surface area contributed by atoms with Crippen LogP contribution in [0.15, 0.2) is 29.7 Å². The van der Waals surface area contributed by atoms with Gasteiger partial charge >= 0.3 is 5.97 Å². The van der Waals surface area contributed by atoms with E-state index in [0.29, 0.717) is 50.9 Å². The van der Waals surface area contributed by atoms with Gasteiger partial charge in [-0.3, -0.25) is 9.55 Å². The van der Waals surface area contributed by atoms with Gasteiger partial charge in [-0.15, -0.1) is 21.5 Å². The van der Waals surface area contributed by atoms with E-state index in [1.165, 1.54) is 11.8 Å². The molecular formula is C19H20N6O3S2. The number of nitrogen functional groups attached to an aromatic ring is 1. The third-order valence-corrected chi connectivity index (χ3v) is 6.16. The molecule has 9 nitrogen and oxygen atoms in total. The first-order valence-electron chi connectivity index (χ1n) is 9.04. The fraction of sp³-hybridized carbons (Fsp3) is 0.316. The van der Waals surface area contributed by atoms with E-state index in [2.05, 4.69) is 21.3 Å². The summed E-state index contributed by atoms with van der Waals surface area (Å²) in [6.45, 7) is 3.00. The number of pyridine rings is 1. The number of nitrogens with zero attached hydrogens (tertiary/aromatic N) is 5. The Morgan fingerprint density at radius 1 is 1.37 bits per heavy atom. The zero-order chi connectivity index (χ0) is 21.5. The summed E-state index contributed by atoms with van der Waals surface area (Å²) in [5.41, 5.74) is 7.68. The van der Waals surface area contributed by atoms with E-state index in [1.54, 1.807) is 26.4 Å². The van der Waals surface area contributed by atoms with Gasteiger partial charge in [-0.25, -0.2) is 4.79 Å². The molecule has 3 aromatic heterocycles. The van der Waals surface area contributed by atoms with E-state index in [0.717, 1.165) is 16.9 Å². The number of carbonyl (C=O) groups is 1. The second-order valence-electron chi connectivity index (χ2n) is 5.96. The predicted octanol–water partition coefficient (Wildman–Crippen LogP) is 2.97. The summed E-state index contributed by atoms with van der Waals surface area (Å²) in [5, 5.41) is 19.1. The van der Waals surface area contributed by atoms with Crippen molar-refractivity contribution >= 4 is 34.1 Å². The summed E-state index contributed by atoms with van der Waals surface area (Å²) in [5.74, 6) is 0.532. The van der Waals surface area contributed by atoms with Crippen LogP contribution in [-0.4, -0.2) is 46.0 Å². The van der Waals surface area contributed by atoms with Crippen molar-refractivity contribution in [1.29, 1.82) is 5.26 Å². The monoisotopic (exact) mass is 444 g/mol. The molecule has 156 valence electrons. The average molecular weight is 445 g/mol. The highest BCUT2D eigenvalue weighted by Crippen LogP contribution is 2.36. The molecule has 0 aliphatic rings. The Morgan fingerprint density at radius 2 is 2.13 bits per heavy atom. The largest absolute Gasteiger partial charge is 0.462 e. The topological polar surface area (TPSA) is 129 Å². The van der Waals surface area contributed by atoms with Crippen LogP contribution in [0.4, 0.5) is 5.00 Å². The van der Waals surface area contributed by atoms with E-state index in [9.17, 15) is 10.1 Å². The minimum absolute atomic E-state index is 0.242. The number of nitriles is 1. The molecule has 30 heavy (non-hydrogen) atoms. The lowest BCUT2D eigenvalue weighted by atomic mass is 10.2. The van der Waals surface area contributed by atoms with Crippen molar-refractivity contribution in [3.8, 4) is 17.5 Å². The number of ether oxygens (including phenoxy) is 2. The average Bonchev–Trinajstić information content (AvgIpc) is 3.31. The molecule has 3 heterocycles. The number of nitrogens with two attached hydrogens (primary N) is 1. The van der Waals surface area contributed by atoms with Crippen LogP contribution in [0, 0.1) is 11.3 Å². The van der Waals surface area contributed by atoms with Gasteiger partial charge in [0.15, 0.2) is 11.0 Å². The fourth-order valence-corrected chi connectivity index (χ4v) is 4.75. The number of thioether (sulfide) groups is 1. The van der Waals surface area contributed by atoms with Crippen LogP contribution in [0.25, 0.3) is 11.4 Å². The lowest BCUT2D eigenvalue weighted by Gasteiger charge is -2.10. The molecular weight excluding hydrogens is 424 g/mol. The number of rotatable bonds is 9. The molecule has 0 atom stereocenters. The van der Waals surface area contributed by atoms with Crippen molar-refractivity contribution in [2.45, 2.75) is 24.4 Å². The Bertz CT molecular complexity index is 1060. The first-order valence-corrected chi connectivity index (χ1v) is 10.8. The molecule has 0 aromatic carbocycles. The van der Waals surface area contributed by atoms with Gasteiger partial charge < -0.3 is 15.2 Å². The zero-order valence-electron chi connectivity index (χ0n) is 16.5. The first-order chi connectivity index (χ1) is 14.6. The second-order valence-corrected chi connectivity index (χ2v) is 7.95. The van der Waals surface area contributed by atoms with Gasteiger partial charge in [0.05, 0.1) is 25.3 Å². The van der Waals surface area contributed by atoms with E-state index in [-0.39, 0.29) is 6.61 Å². The van der Waals surface area contributed by atoms with Gasteiger partial charge in [0, 0.05) is 36.4 Å². The molecule has 11 heteroatoms. The maximum Gasteiger partial charge on any atom is 0.348 e. The number of aromatic nitrogens is 4. The van der Waals surface area contributed by atoms with Crippen molar-refractivity contribution in [1.82, 2.24) is 19.7 Å².